The summed E-state index contributed by atoms with van der Waals surface area (Å²) in [5.74, 6) is 0.983. The van der Waals surface area contributed by atoms with Gasteiger partial charge in [-0.1, -0.05) is 18.5 Å². The largest absolute Gasteiger partial charge is 0.370 e. The van der Waals surface area contributed by atoms with Crippen LogP contribution < -0.4 is 5.73 Å². The molecule has 1 aromatic rings. The molecule has 5 nitrogen and oxygen atoms in total. The number of nitrogens with zero attached hydrogens (tertiary/aromatic N) is 2. The van der Waals surface area contributed by atoms with Crippen LogP contribution in [0.5, 0.6) is 0 Å². The second-order valence-corrected chi connectivity index (χ2v) is 8.25. The number of aliphatic imine (C=N–C) groups is 1. The van der Waals surface area contributed by atoms with E-state index in [0.29, 0.717) is 16.9 Å². The Morgan fingerprint density at radius 3 is 2.65 bits per heavy atom. The molecule has 0 amide bonds. The average molecular weight is 472 g/mol. The molecular weight excluding hydrogens is 449 g/mol. The van der Waals surface area contributed by atoms with Crippen molar-refractivity contribution in [3.05, 3.63) is 29.3 Å². The summed E-state index contributed by atoms with van der Waals surface area (Å²) >= 11 is 5.77. The number of piperidine rings is 1. The summed E-state index contributed by atoms with van der Waals surface area (Å²) in [5, 5.41) is 0.514. The van der Waals surface area contributed by atoms with Gasteiger partial charge in [0, 0.05) is 18.1 Å². The first-order chi connectivity index (χ1) is 10.4. The molecule has 0 aliphatic carbocycles. The van der Waals surface area contributed by atoms with Gasteiger partial charge in [-0.3, -0.25) is 4.99 Å². The van der Waals surface area contributed by atoms with E-state index < -0.39 is 9.84 Å². The Morgan fingerprint density at radius 1 is 1.39 bits per heavy atom. The first-order valence-corrected chi connectivity index (χ1v) is 9.45. The third kappa shape index (κ3) is 6.11. The van der Waals surface area contributed by atoms with Crippen molar-refractivity contribution in [3.8, 4) is 0 Å². The normalized spacial score (nSPS) is 19.3. The first kappa shape index (κ1) is 20.5. The Bertz CT molecular complexity index is 635. The Labute approximate surface area is 160 Å². The molecule has 1 unspecified atom stereocenters. The third-order valence-corrected chi connectivity index (χ3v) is 5.75. The molecular formula is C15H23ClIN3O2S. The topological polar surface area (TPSA) is 75.8 Å². The predicted molar refractivity (Wildman–Crippen MR) is 105 cm³/mol. The van der Waals surface area contributed by atoms with E-state index >= 15 is 0 Å². The number of hydrogen-bond donors (Lipinski definition) is 1. The lowest BCUT2D eigenvalue weighted by molar-refractivity contribution is 0.270. The van der Waals surface area contributed by atoms with Crippen LogP contribution in [0.25, 0.3) is 0 Å². The molecule has 2 N–H and O–H groups in total. The molecule has 0 spiro atoms. The van der Waals surface area contributed by atoms with Gasteiger partial charge in [0.2, 0.25) is 0 Å². The molecule has 1 fully saturated rings. The highest BCUT2D eigenvalue weighted by molar-refractivity contribution is 14.0. The Hall–Kier alpha value is -0.540. The molecule has 0 bridgehead atoms. The zero-order chi connectivity index (χ0) is 16.2. The van der Waals surface area contributed by atoms with Crippen molar-refractivity contribution < 1.29 is 8.42 Å². The van der Waals surface area contributed by atoms with Gasteiger partial charge in [0.25, 0.3) is 0 Å². The average Bonchev–Trinajstić information content (AvgIpc) is 2.47. The van der Waals surface area contributed by atoms with Gasteiger partial charge in [-0.2, -0.15) is 0 Å². The Morgan fingerprint density at radius 2 is 2.04 bits per heavy atom. The second kappa shape index (κ2) is 9.08. The van der Waals surface area contributed by atoms with Gasteiger partial charge in [-0.05, 0) is 43.0 Å². The molecule has 130 valence electrons. The fourth-order valence-electron chi connectivity index (χ4n) is 2.54. The summed E-state index contributed by atoms with van der Waals surface area (Å²) in [6.45, 7) is 4.13. The highest BCUT2D eigenvalue weighted by Gasteiger charge is 2.18. The van der Waals surface area contributed by atoms with E-state index in [2.05, 4.69) is 11.9 Å². The second-order valence-electron chi connectivity index (χ2n) is 5.71. The molecule has 1 saturated heterocycles. The first-order valence-electron chi connectivity index (χ1n) is 7.41. The van der Waals surface area contributed by atoms with Gasteiger partial charge >= 0.3 is 0 Å². The minimum absolute atomic E-state index is 0. The van der Waals surface area contributed by atoms with E-state index in [1.807, 2.05) is 4.90 Å². The van der Waals surface area contributed by atoms with Crippen molar-refractivity contribution >= 4 is 51.4 Å². The molecule has 0 saturated carbocycles. The number of sulfone groups is 1. The van der Waals surface area contributed by atoms with E-state index in [-0.39, 0.29) is 41.2 Å². The van der Waals surface area contributed by atoms with Crippen molar-refractivity contribution in [2.75, 3.05) is 25.4 Å². The zero-order valence-electron chi connectivity index (χ0n) is 13.1. The lowest BCUT2D eigenvalue weighted by Gasteiger charge is -2.31. The standard InChI is InChI=1S/C15H22ClN3O2S.HI/c1-12-3-2-9-19(11-12)15(17)18-8-10-22(20,21)14-6-4-13(16)5-7-14;/h4-7,12H,2-3,8-11H2,1H3,(H2,17,18);1H. The van der Waals surface area contributed by atoms with Crippen LogP contribution in [0.1, 0.15) is 19.8 Å². The predicted octanol–water partition coefficient (Wildman–Crippen LogP) is 2.78. The monoisotopic (exact) mass is 471 g/mol. The van der Waals surface area contributed by atoms with Gasteiger partial charge in [0.05, 0.1) is 17.2 Å². The molecule has 1 aromatic carbocycles. The number of guanidine groups is 1. The molecule has 1 aliphatic heterocycles. The van der Waals surface area contributed by atoms with Gasteiger partial charge < -0.3 is 10.6 Å². The number of rotatable bonds is 4. The number of halogens is 2. The van der Waals surface area contributed by atoms with Crippen LogP contribution in [0, 0.1) is 5.92 Å². The van der Waals surface area contributed by atoms with Gasteiger partial charge in [0.15, 0.2) is 15.8 Å². The Balaban J connectivity index is 0.00000264. The van der Waals surface area contributed by atoms with Gasteiger partial charge in [0.1, 0.15) is 0 Å². The van der Waals surface area contributed by atoms with E-state index in [4.69, 9.17) is 17.3 Å². The van der Waals surface area contributed by atoms with E-state index in [1.165, 1.54) is 18.6 Å². The van der Waals surface area contributed by atoms with E-state index in [9.17, 15) is 8.42 Å². The molecule has 0 aromatic heterocycles. The molecule has 23 heavy (non-hydrogen) atoms. The van der Waals surface area contributed by atoms with Crippen LogP contribution in [0.3, 0.4) is 0 Å². The lowest BCUT2D eigenvalue weighted by Crippen LogP contribution is -2.43. The molecule has 1 atom stereocenters. The van der Waals surface area contributed by atoms with Crippen LogP contribution >= 0.6 is 35.6 Å². The molecule has 8 heteroatoms. The maximum absolute atomic E-state index is 12.2. The van der Waals surface area contributed by atoms with Crippen LogP contribution in [0.2, 0.25) is 5.02 Å². The minimum Gasteiger partial charge on any atom is -0.370 e. The van der Waals surface area contributed by atoms with Crippen LogP contribution in [-0.2, 0) is 9.84 Å². The summed E-state index contributed by atoms with van der Waals surface area (Å²) in [6, 6.07) is 6.16. The fraction of sp³-hybridized carbons (Fsp3) is 0.533. The summed E-state index contributed by atoms with van der Waals surface area (Å²) in [6.07, 6.45) is 2.30. The van der Waals surface area contributed by atoms with Crippen molar-refractivity contribution in [2.24, 2.45) is 16.6 Å². The van der Waals surface area contributed by atoms with Crippen molar-refractivity contribution in [1.82, 2.24) is 4.90 Å². The number of nitrogens with two attached hydrogens (primary N) is 1. The zero-order valence-corrected chi connectivity index (χ0v) is 17.0. The lowest BCUT2D eigenvalue weighted by atomic mass is 10.0. The van der Waals surface area contributed by atoms with Crippen molar-refractivity contribution in [3.63, 3.8) is 0 Å². The van der Waals surface area contributed by atoms with E-state index in [0.717, 1.165) is 19.5 Å². The fourth-order valence-corrected chi connectivity index (χ4v) is 3.78. The third-order valence-electron chi connectivity index (χ3n) is 3.79. The smallest absolute Gasteiger partial charge is 0.191 e. The quantitative estimate of drug-likeness (QED) is 0.416. The number of benzene rings is 1. The summed E-state index contributed by atoms with van der Waals surface area (Å²) in [7, 11) is -3.35. The molecule has 2 rings (SSSR count). The minimum atomic E-state index is -3.35. The van der Waals surface area contributed by atoms with Gasteiger partial charge in [-0.25, -0.2) is 8.42 Å². The number of likely N-dealkylation sites (tertiary alicyclic amines) is 1. The number of hydrogen-bond acceptors (Lipinski definition) is 3. The van der Waals surface area contributed by atoms with Crippen molar-refractivity contribution in [2.45, 2.75) is 24.7 Å². The summed E-state index contributed by atoms with van der Waals surface area (Å²) in [5.41, 5.74) is 5.96. The van der Waals surface area contributed by atoms with Crippen LogP contribution in [-0.4, -0.2) is 44.7 Å². The SMILES string of the molecule is CC1CCCN(C(N)=NCCS(=O)(=O)c2ccc(Cl)cc2)C1.I. The van der Waals surface area contributed by atoms with E-state index in [1.54, 1.807) is 12.1 Å². The van der Waals surface area contributed by atoms with Gasteiger partial charge in [-0.15, -0.1) is 24.0 Å². The van der Waals surface area contributed by atoms with Crippen molar-refractivity contribution in [1.29, 1.82) is 0 Å². The molecule has 1 heterocycles. The summed E-state index contributed by atoms with van der Waals surface area (Å²) in [4.78, 5) is 6.52. The highest BCUT2D eigenvalue weighted by Crippen LogP contribution is 2.16. The highest BCUT2D eigenvalue weighted by atomic mass is 127. The summed E-state index contributed by atoms with van der Waals surface area (Å²) < 4.78 is 24.4. The Kier molecular flexibility index (Phi) is 8.09. The maximum atomic E-state index is 12.2. The molecule has 1 aliphatic rings. The van der Waals surface area contributed by atoms with Crippen LogP contribution in [0.15, 0.2) is 34.2 Å². The molecule has 0 radical (unpaired) electrons. The van der Waals surface area contributed by atoms with Crippen LogP contribution in [0.4, 0.5) is 0 Å². The maximum Gasteiger partial charge on any atom is 0.191 e.